The first kappa shape index (κ1) is 27.4. The predicted octanol–water partition coefficient (Wildman–Crippen LogP) is 4.52. The first-order valence-electron chi connectivity index (χ1n) is 11.7. The van der Waals surface area contributed by atoms with Crippen LogP contribution in [0.4, 0.5) is 0 Å². The van der Waals surface area contributed by atoms with Crippen molar-refractivity contribution in [2.45, 2.75) is 118 Å². The Bertz CT molecular complexity index is 595. The lowest BCUT2D eigenvalue weighted by molar-refractivity contribution is -0.162. The van der Waals surface area contributed by atoms with Crippen molar-refractivity contribution >= 4 is 17.8 Å². The van der Waals surface area contributed by atoms with Gasteiger partial charge in [0.1, 0.15) is 6.61 Å². The minimum atomic E-state index is -1.04. The van der Waals surface area contributed by atoms with Gasteiger partial charge in [-0.3, -0.25) is 9.59 Å². The van der Waals surface area contributed by atoms with Crippen LogP contribution in [0.2, 0.25) is 0 Å². The highest BCUT2D eigenvalue weighted by atomic mass is 16.8. The molecule has 7 heteroatoms. The van der Waals surface area contributed by atoms with E-state index in [4.69, 9.17) is 14.2 Å². The van der Waals surface area contributed by atoms with Gasteiger partial charge in [-0.05, 0) is 11.8 Å². The Hall–Kier alpha value is -1.63. The maximum atomic E-state index is 13.3. The highest BCUT2D eigenvalue weighted by Crippen LogP contribution is 2.31. The third kappa shape index (κ3) is 10.0. The largest absolute Gasteiger partial charge is 0.464 e. The standard InChI is InChI=1S/C24H43NO6/c1-8-9-10-11-12-13-14-15-18(20-22(28)31-24(6,7)30-20)21(27)25-19(23(3,4)5)16-29-17(2)26/h18-20H,8-16H2,1-7H3,(H,25,27)/t18-,19-,20?/m1/s1. The average Bonchev–Trinajstić information content (AvgIpc) is 2.91. The maximum Gasteiger partial charge on any atom is 0.338 e. The number of hydrogen-bond donors (Lipinski definition) is 1. The number of carbonyl (C=O) groups is 3. The van der Waals surface area contributed by atoms with Gasteiger partial charge in [-0.2, -0.15) is 0 Å². The quantitative estimate of drug-likeness (QED) is 0.334. The van der Waals surface area contributed by atoms with Crippen molar-refractivity contribution in [1.29, 1.82) is 0 Å². The van der Waals surface area contributed by atoms with Crippen molar-refractivity contribution in [1.82, 2.24) is 5.32 Å². The van der Waals surface area contributed by atoms with E-state index in [9.17, 15) is 14.4 Å². The summed E-state index contributed by atoms with van der Waals surface area (Å²) in [4.78, 5) is 37.0. The Morgan fingerprint density at radius 1 is 1.10 bits per heavy atom. The molecule has 1 rings (SSSR count). The fourth-order valence-corrected chi connectivity index (χ4v) is 3.65. The van der Waals surface area contributed by atoms with Gasteiger partial charge in [0.2, 0.25) is 11.7 Å². The van der Waals surface area contributed by atoms with E-state index in [1.54, 1.807) is 13.8 Å². The van der Waals surface area contributed by atoms with Gasteiger partial charge in [-0.15, -0.1) is 0 Å². The van der Waals surface area contributed by atoms with Gasteiger partial charge in [0.05, 0.1) is 12.0 Å². The van der Waals surface area contributed by atoms with Crippen LogP contribution >= 0.6 is 0 Å². The SMILES string of the molecule is CCCCCCCCC[C@@H](C(=O)N[C@H](COC(C)=O)C(C)(C)C)C1OC(C)(C)OC1=O. The Kier molecular flexibility index (Phi) is 11.0. The van der Waals surface area contributed by atoms with Crippen molar-refractivity contribution in [3.63, 3.8) is 0 Å². The number of ether oxygens (including phenoxy) is 3. The summed E-state index contributed by atoms with van der Waals surface area (Å²) in [5.74, 6) is -2.85. The molecule has 1 amide bonds. The lowest BCUT2D eigenvalue weighted by Crippen LogP contribution is -2.51. The number of rotatable bonds is 13. The Morgan fingerprint density at radius 3 is 2.16 bits per heavy atom. The summed E-state index contributed by atoms with van der Waals surface area (Å²) in [6.07, 6.45) is 7.46. The normalized spacial score (nSPS) is 20.1. The third-order valence-corrected chi connectivity index (χ3v) is 5.63. The summed E-state index contributed by atoms with van der Waals surface area (Å²) < 4.78 is 16.3. The lowest BCUT2D eigenvalue weighted by Gasteiger charge is -2.33. The van der Waals surface area contributed by atoms with Crippen molar-refractivity contribution in [3.05, 3.63) is 0 Å². The molecule has 1 fully saturated rings. The molecule has 0 radical (unpaired) electrons. The second-order valence-corrected chi connectivity index (χ2v) is 10.1. The van der Waals surface area contributed by atoms with Crippen LogP contribution in [0.5, 0.6) is 0 Å². The van der Waals surface area contributed by atoms with Crippen LogP contribution in [-0.2, 0) is 28.6 Å². The second kappa shape index (κ2) is 12.4. The van der Waals surface area contributed by atoms with E-state index >= 15 is 0 Å². The van der Waals surface area contributed by atoms with Crippen LogP contribution in [0.25, 0.3) is 0 Å². The van der Waals surface area contributed by atoms with E-state index in [0.717, 1.165) is 19.3 Å². The monoisotopic (exact) mass is 441 g/mol. The number of hydrogen-bond acceptors (Lipinski definition) is 6. The van der Waals surface area contributed by atoms with E-state index in [1.165, 1.54) is 32.6 Å². The van der Waals surface area contributed by atoms with Gasteiger partial charge in [0.15, 0.2) is 6.10 Å². The van der Waals surface area contributed by atoms with Crippen LogP contribution < -0.4 is 5.32 Å². The molecule has 1 heterocycles. The molecule has 1 aliphatic heterocycles. The smallest absolute Gasteiger partial charge is 0.338 e. The number of amides is 1. The molecule has 7 nitrogen and oxygen atoms in total. The zero-order valence-electron chi connectivity index (χ0n) is 20.5. The van der Waals surface area contributed by atoms with Crippen molar-refractivity contribution in [3.8, 4) is 0 Å². The summed E-state index contributed by atoms with van der Waals surface area (Å²) in [5, 5.41) is 3.00. The predicted molar refractivity (Wildman–Crippen MR) is 119 cm³/mol. The topological polar surface area (TPSA) is 90.9 Å². The average molecular weight is 442 g/mol. The summed E-state index contributed by atoms with van der Waals surface area (Å²) in [6.45, 7) is 12.9. The molecule has 1 unspecified atom stereocenters. The fraction of sp³-hybridized carbons (Fsp3) is 0.875. The van der Waals surface area contributed by atoms with Gasteiger partial charge in [-0.1, -0.05) is 72.6 Å². The van der Waals surface area contributed by atoms with Crippen LogP contribution in [0.3, 0.4) is 0 Å². The Labute approximate surface area is 188 Å². The summed E-state index contributed by atoms with van der Waals surface area (Å²) in [6, 6.07) is -0.383. The van der Waals surface area contributed by atoms with Gasteiger partial charge in [-0.25, -0.2) is 4.79 Å². The summed E-state index contributed by atoms with van der Waals surface area (Å²) in [5.41, 5.74) is -0.328. The number of nitrogens with one attached hydrogen (secondary N) is 1. The molecule has 0 aromatic rings. The summed E-state index contributed by atoms with van der Waals surface area (Å²) >= 11 is 0. The van der Waals surface area contributed by atoms with Crippen LogP contribution in [-0.4, -0.2) is 42.4 Å². The number of carbonyl (C=O) groups excluding carboxylic acids is 3. The molecule has 1 N–H and O–H groups in total. The van der Waals surface area contributed by atoms with Crippen LogP contribution in [0.1, 0.15) is 99.8 Å². The zero-order chi connectivity index (χ0) is 23.7. The molecule has 180 valence electrons. The molecule has 0 aromatic heterocycles. The van der Waals surface area contributed by atoms with Crippen molar-refractivity contribution in [2.24, 2.45) is 11.3 Å². The molecule has 1 saturated heterocycles. The van der Waals surface area contributed by atoms with Crippen molar-refractivity contribution in [2.75, 3.05) is 6.61 Å². The van der Waals surface area contributed by atoms with Gasteiger partial charge < -0.3 is 19.5 Å². The Morgan fingerprint density at radius 2 is 1.68 bits per heavy atom. The van der Waals surface area contributed by atoms with Crippen molar-refractivity contribution < 1.29 is 28.6 Å². The molecule has 31 heavy (non-hydrogen) atoms. The molecular weight excluding hydrogens is 398 g/mol. The highest BCUT2D eigenvalue weighted by molar-refractivity contribution is 5.88. The maximum absolute atomic E-state index is 13.3. The highest BCUT2D eigenvalue weighted by Gasteiger charge is 2.47. The molecule has 0 bridgehead atoms. The van der Waals surface area contributed by atoms with E-state index in [-0.39, 0.29) is 24.0 Å². The molecular formula is C24H43NO6. The zero-order valence-corrected chi connectivity index (χ0v) is 20.5. The third-order valence-electron chi connectivity index (χ3n) is 5.63. The minimum absolute atomic E-state index is 0.0795. The van der Waals surface area contributed by atoms with Gasteiger partial charge in [0.25, 0.3) is 0 Å². The van der Waals surface area contributed by atoms with E-state index in [1.807, 2.05) is 20.8 Å². The molecule has 0 aliphatic carbocycles. The first-order chi connectivity index (χ1) is 14.4. The molecule has 0 aromatic carbocycles. The first-order valence-corrected chi connectivity index (χ1v) is 11.7. The molecule has 0 saturated carbocycles. The van der Waals surface area contributed by atoms with Crippen LogP contribution in [0, 0.1) is 11.3 Å². The molecule has 0 spiro atoms. The van der Waals surface area contributed by atoms with E-state index < -0.39 is 29.7 Å². The van der Waals surface area contributed by atoms with E-state index in [0.29, 0.717) is 6.42 Å². The second-order valence-electron chi connectivity index (χ2n) is 10.1. The molecule has 3 atom stereocenters. The number of esters is 2. The summed E-state index contributed by atoms with van der Waals surface area (Å²) in [7, 11) is 0. The fourth-order valence-electron chi connectivity index (χ4n) is 3.65. The number of cyclic esters (lactones) is 1. The lowest BCUT2D eigenvalue weighted by atomic mass is 9.86. The number of unbranched alkanes of at least 4 members (excludes halogenated alkanes) is 6. The minimum Gasteiger partial charge on any atom is -0.464 e. The van der Waals surface area contributed by atoms with Gasteiger partial charge in [0, 0.05) is 20.8 Å². The Balaban J connectivity index is 2.82. The molecule has 1 aliphatic rings. The van der Waals surface area contributed by atoms with Crippen LogP contribution in [0.15, 0.2) is 0 Å². The van der Waals surface area contributed by atoms with E-state index in [2.05, 4.69) is 12.2 Å². The van der Waals surface area contributed by atoms with Gasteiger partial charge >= 0.3 is 11.9 Å².